The third-order valence-corrected chi connectivity index (χ3v) is 5.08. The largest absolute Gasteiger partial charge is 0.467 e. The lowest BCUT2D eigenvalue weighted by atomic mass is 10.1. The van der Waals surface area contributed by atoms with Crippen molar-refractivity contribution in [3.05, 3.63) is 77.5 Å². The normalized spacial score (nSPS) is 14.1. The Morgan fingerprint density at radius 1 is 0.933 bits per heavy atom. The summed E-state index contributed by atoms with van der Waals surface area (Å²) in [4.78, 5) is 51.6. The highest BCUT2D eigenvalue weighted by Gasteiger charge is 2.45. The first kappa shape index (κ1) is 19.4. The van der Waals surface area contributed by atoms with Crippen LogP contribution in [0.15, 0.2) is 59.2 Å². The first-order chi connectivity index (χ1) is 14.4. The van der Waals surface area contributed by atoms with Gasteiger partial charge in [0.25, 0.3) is 0 Å². The second-order valence-corrected chi connectivity index (χ2v) is 7.02. The average Bonchev–Trinajstić information content (AvgIpc) is 3.40. The second kappa shape index (κ2) is 7.47. The van der Waals surface area contributed by atoms with Crippen molar-refractivity contribution in [2.24, 2.45) is 0 Å². The quantitative estimate of drug-likeness (QED) is 0.357. The highest BCUT2D eigenvalue weighted by Crippen LogP contribution is 2.23. The number of carbonyl (C=O) groups excluding carboxylic acids is 4. The predicted molar refractivity (Wildman–Crippen MR) is 106 cm³/mol. The molecule has 8 nitrogen and oxygen atoms in total. The van der Waals surface area contributed by atoms with Crippen LogP contribution >= 0.6 is 0 Å². The van der Waals surface area contributed by atoms with Crippen molar-refractivity contribution in [2.75, 3.05) is 6.54 Å². The minimum atomic E-state index is -1.02. The molecule has 0 atom stereocenters. The van der Waals surface area contributed by atoms with Crippen LogP contribution in [0.4, 0.5) is 4.79 Å². The van der Waals surface area contributed by atoms with E-state index in [2.05, 4.69) is 0 Å². The summed E-state index contributed by atoms with van der Waals surface area (Å²) in [6, 6.07) is 13.7. The van der Waals surface area contributed by atoms with Crippen LogP contribution in [0, 0.1) is 13.8 Å². The highest BCUT2D eigenvalue weighted by atomic mass is 16.3. The van der Waals surface area contributed by atoms with E-state index in [1.54, 1.807) is 25.1 Å². The van der Waals surface area contributed by atoms with Crippen LogP contribution in [-0.4, -0.2) is 44.5 Å². The number of hydrogen-bond acceptors (Lipinski definition) is 5. The molecule has 1 aliphatic rings. The zero-order valence-electron chi connectivity index (χ0n) is 16.5. The molecule has 1 saturated heterocycles. The van der Waals surface area contributed by atoms with Gasteiger partial charge in [-0.15, -0.1) is 0 Å². The molecule has 0 bridgehead atoms. The Kier molecular flexibility index (Phi) is 4.83. The number of Topliss-reactive ketones (excluding diaryl/α,β-unsaturated/α-hetero) is 1. The van der Waals surface area contributed by atoms with Crippen molar-refractivity contribution in [1.82, 2.24) is 14.4 Å². The van der Waals surface area contributed by atoms with E-state index in [1.807, 2.05) is 41.8 Å². The van der Waals surface area contributed by atoms with Crippen molar-refractivity contribution >= 4 is 23.6 Å². The fourth-order valence-electron chi connectivity index (χ4n) is 3.64. The maximum Gasteiger partial charge on any atom is 0.335 e. The van der Waals surface area contributed by atoms with Crippen LogP contribution in [0.25, 0.3) is 5.69 Å². The molecule has 4 amide bonds. The number of hydrogen-bond donors (Lipinski definition) is 0. The lowest BCUT2D eigenvalue weighted by molar-refractivity contribution is -0.143. The summed E-state index contributed by atoms with van der Waals surface area (Å²) in [6.45, 7) is 3.01. The van der Waals surface area contributed by atoms with Gasteiger partial charge in [0.05, 0.1) is 19.4 Å². The van der Waals surface area contributed by atoms with E-state index in [0.717, 1.165) is 16.3 Å². The number of aryl methyl sites for hydroxylation is 1. The maximum absolute atomic E-state index is 12.9. The highest BCUT2D eigenvalue weighted by molar-refractivity contribution is 6.45. The third kappa shape index (κ3) is 3.22. The predicted octanol–water partition coefficient (Wildman–Crippen LogP) is 2.86. The molecule has 0 saturated carbocycles. The van der Waals surface area contributed by atoms with E-state index in [9.17, 15) is 19.2 Å². The number of imide groups is 2. The first-order valence-corrected chi connectivity index (χ1v) is 9.35. The summed E-state index contributed by atoms with van der Waals surface area (Å²) in [5.41, 5.74) is 2.84. The van der Waals surface area contributed by atoms with E-state index in [4.69, 9.17) is 4.42 Å². The Hall–Kier alpha value is -3.94. The number of nitrogens with zero attached hydrogens (tertiary/aromatic N) is 3. The number of aromatic nitrogens is 1. The monoisotopic (exact) mass is 405 g/mol. The lowest BCUT2D eigenvalue weighted by Crippen LogP contribution is -2.37. The molecule has 2 aromatic heterocycles. The van der Waals surface area contributed by atoms with Crippen LogP contribution in [0.2, 0.25) is 0 Å². The molecule has 4 rings (SSSR count). The van der Waals surface area contributed by atoms with Gasteiger partial charge in [0.1, 0.15) is 5.76 Å². The van der Waals surface area contributed by atoms with Crippen LogP contribution in [-0.2, 0) is 16.1 Å². The minimum absolute atomic E-state index is 0.163. The lowest BCUT2D eigenvalue weighted by Gasteiger charge is -2.14. The smallest absolute Gasteiger partial charge is 0.335 e. The van der Waals surface area contributed by atoms with Gasteiger partial charge in [-0.3, -0.25) is 14.4 Å². The van der Waals surface area contributed by atoms with Gasteiger partial charge in [0.2, 0.25) is 0 Å². The molecule has 0 radical (unpaired) electrons. The SMILES string of the molecule is Cc1cc(C(=O)CN2C(=O)C(=O)N(Cc3ccco3)C2=O)c(C)n1-c1ccccc1. The number of para-hydroxylation sites is 1. The summed E-state index contributed by atoms with van der Waals surface area (Å²) in [5.74, 6) is -2.04. The zero-order chi connectivity index (χ0) is 21.4. The van der Waals surface area contributed by atoms with E-state index < -0.39 is 30.2 Å². The number of urea groups is 1. The number of carbonyl (C=O) groups is 4. The molecular formula is C22H19N3O5. The van der Waals surface area contributed by atoms with Crippen LogP contribution in [0.1, 0.15) is 27.5 Å². The maximum atomic E-state index is 12.9. The standard InChI is InChI=1S/C22H19N3O5/c1-14-11-18(15(2)25(14)16-7-4-3-5-8-16)19(26)13-24-21(28)20(27)23(22(24)29)12-17-9-6-10-30-17/h3-11H,12-13H2,1-2H3. The molecule has 0 spiro atoms. The molecular weight excluding hydrogens is 386 g/mol. The van der Waals surface area contributed by atoms with Crippen LogP contribution in [0.3, 0.4) is 0 Å². The molecule has 3 heterocycles. The number of furan rings is 1. The molecule has 30 heavy (non-hydrogen) atoms. The van der Waals surface area contributed by atoms with Gasteiger partial charge in [0.15, 0.2) is 5.78 Å². The molecule has 1 aliphatic heterocycles. The van der Waals surface area contributed by atoms with Crippen molar-refractivity contribution < 1.29 is 23.6 Å². The molecule has 0 unspecified atom stereocenters. The number of ketones is 1. The van der Waals surface area contributed by atoms with Crippen molar-refractivity contribution in [1.29, 1.82) is 0 Å². The Morgan fingerprint density at radius 2 is 1.63 bits per heavy atom. The van der Waals surface area contributed by atoms with Gasteiger partial charge in [-0.25, -0.2) is 14.6 Å². The van der Waals surface area contributed by atoms with Gasteiger partial charge in [0, 0.05) is 22.6 Å². The van der Waals surface area contributed by atoms with Crippen LogP contribution in [0.5, 0.6) is 0 Å². The number of benzene rings is 1. The summed E-state index contributed by atoms with van der Waals surface area (Å²) < 4.78 is 7.07. The molecule has 3 aromatic rings. The first-order valence-electron chi connectivity index (χ1n) is 9.35. The van der Waals surface area contributed by atoms with Gasteiger partial charge in [-0.2, -0.15) is 0 Å². The number of rotatable bonds is 6. The van der Waals surface area contributed by atoms with E-state index in [0.29, 0.717) is 21.9 Å². The second-order valence-electron chi connectivity index (χ2n) is 7.02. The van der Waals surface area contributed by atoms with Gasteiger partial charge in [-0.1, -0.05) is 18.2 Å². The zero-order valence-corrected chi connectivity index (χ0v) is 16.5. The van der Waals surface area contributed by atoms with E-state index >= 15 is 0 Å². The fraction of sp³-hybridized carbons (Fsp3) is 0.182. The van der Waals surface area contributed by atoms with E-state index in [-0.39, 0.29) is 6.54 Å². The fourth-order valence-corrected chi connectivity index (χ4v) is 3.64. The summed E-state index contributed by atoms with van der Waals surface area (Å²) in [7, 11) is 0. The van der Waals surface area contributed by atoms with Crippen molar-refractivity contribution in [2.45, 2.75) is 20.4 Å². The topological polar surface area (TPSA) is 92.8 Å². The van der Waals surface area contributed by atoms with Crippen molar-refractivity contribution in [3.8, 4) is 5.69 Å². The Balaban J connectivity index is 1.56. The Labute approximate surface area is 172 Å². The molecule has 0 aliphatic carbocycles. The third-order valence-electron chi connectivity index (χ3n) is 5.08. The van der Waals surface area contributed by atoms with Gasteiger partial charge >= 0.3 is 17.8 Å². The van der Waals surface area contributed by atoms with E-state index in [1.165, 1.54) is 6.26 Å². The molecule has 0 N–H and O–H groups in total. The Bertz CT molecular complexity index is 1150. The van der Waals surface area contributed by atoms with Crippen LogP contribution < -0.4 is 0 Å². The Morgan fingerprint density at radius 3 is 2.30 bits per heavy atom. The molecule has 152 valence electrons. The number of amides is 4. The van der Waals surface area contributed by atoms with Gasteiger partial charge in [-0.05, 0) is 44.2 Å². The molecule has 8 heteroatoms. The molecule has 1 aromatic carbocycles. The minimum Gasteiger partial charge on any atom is -0.467 e. The average molecular weight is 405 g/mol. The molecule has 1 fully saturated rings. The van der Waals surface area contributed by atoms with Gasteiger partial charge < -0.3 is 8.98 Å². The summed E-state index contributed by atoms with van der Waals surface area (Å²) in [5, 5.41) is 0. The summed E-state index contributed by atoms with van der Waals surface area (Å²) >= 11 is 0. The van der Waals surface area contributed by atoms with Crippen molar-refractivity contribution in [3.63, 3.8) is 0 Å². The summed E-state index contributed by atoms with van der Waals surface area (Å²) in [6.07, 6.45) is 1.41.